The first-order valence-corrected chi connectivity index (χ1v) is 11.9. The third-order valence-electron chi connectivity index (χ3n) is 6.69. The number of anilines is 1. The minimum atomic E-state index is 0.369. The van der Waals surface area contributed by atoms with Gasteiger partial charge in [0.1, 0.15) is 0 Å². The van der Waals surface area contributed by atoms with E-state index in [9.17, 15) is 0 Å². The molecule has 2 fully saturated rings. The Morgan fingerprint density at radius 1 is 0.938 bits per heavy atom. The Hall–Kier alpha value is -2.58. The molecule has 170 valence electrons. The number of nitrogens with one attached hydrogen (secondary N) is 2. The summed E-state index contributed by atoms with van der Waals surface area (Å²) >= 11 is 0. The summed E-state index contributed by atoms with van der Waals surface area (Å²) in [7, 11) is 0. The molecule has 8 nitrogen and oxygen atoms in total. The van der Waals surface area contributed by atoms with Gasteiger partial charge in [0, 0.05) is 49.3 Å². The minimum absolute atomic E-state index is 0.369. The van der Waals surface area contributed by atoms with Gasteiger partial charge in [-0.1, -0.05) is 13.8 Å². The van der Waals surface area contributed by atoms with Crippen LogP contribution in [0.2, 0.25) is 0 Å². The molecule has 1 saturated carbocycles. The lowest BCUT2D eigenvalue weighted by Crippen LogP contribution is -2.44. The molecule has 1 saturated heterocycles. The predicted octanol–water partition coefficient (Wildman–Crippen LogP) is 3.80. The zero-order chi connectivity index (χ0) is 21.9. The van der Waals surface area contributed by atoms with Gasteiger partial charge in [0.25, 0.3) is 0 Å². The molecule has 1 aliphatic heterocycles. The van der Waals surface area contributed by atoms with Crippen molar-refractivity contribution < 1.29 is 4.74 Å². The number of ether oxygens (including phenoxy) is 1. The average Bonchev–Trinajstić information content (AvgIpc) is 3.25. The van der Waals surface area contributed by atoms with E-state index in [0.29, 0.717) is 30.0 Å². The summed E-state index contributed by atoms with van der Waals surface area (Å²) in [6, 6.07) is 5.53. The third kappa shape index (κ3) is 4.76. The molecule has 0 bridgehead atoms. The van der Waals surface area contributed by atoms with Gasteiger partial charge in [0.2, 0.25) is 5.95 Å². The van der Waals surface area contributed by atoms with Crippen molar-refractivity contribution >= 4 is 11.6 Å². The van der Waals surface area contributed by atoms with Crippen molar-refractivity contribution in [3.8, 4) is 11.4 Å². The van der Waals surface area contributed by atoms with Crippen LogP contribution in [0.15, 0.2) is 30.7 Å². The second kappa shape index (κ2) is 9.50. The van der Waals surface area contributed by atoms with E-state index in [2.05, 4.69) is 34.6 Å². The minimum Gasteiger partial charge on any atom is -0.381 e. The van der Waals surface area contributed by atoms with Gasteiger partial charge < -0.3 is 15.4 Å². The van der Waals surface area contributed by atoms with E-state index in [-0.39, 0.29) is 0 Å². The molecule has 0 atom stereocenters. The largest absolute Gasteiger partial charge is 0.381 e. The SMILES string of the molecule is CC(C)c1cnn2ccc(-c3ccnc(N[C@H]4CC[C@H](NC5CCOCC5)CC4)n3)nc12. The number of aromatic nitrogens is 5. The Labute approximate surface area is 189 Å². The van der Waals surface area contributed by atoms with Crippen molar-refractivity contribution in [3.63, 3.8) is 0 Å². The number of nitrogens with zero attached hydrogens (tertiary/aromatic N) is 5. The van der Waals surface area contributed by atoms with E-state index in [1.54, 1.807) is 0 Å². The van der Waals surface area contributed by atoms with Crippen molar-refractivity contribution in [3.05, 3.63) is 36.3 Å². The highest BCUT2D eigenvalue weighted by Crippen LogP contribution is 2.25. The van der Waals surface area contributed by atoms with E-state index in [4.69, 9.17) is 14.7 Å². The van der Waals surface area contributed by atoms with Crippen LogP contribution in [0, 0.1) is 0 Å². The average molecular weight is 436 g/mol. The van der Waals surface area contributed by atoms with Crippen molar-refractivity contribution in [2.75, 3.05) is 18.5 Å². The van der Waals surface area contributed by atoms with E-state index in [0.717, 1.165) is 61.5 Å². The summed E-state index contributed by atoms with van der Waals surface area (Å²) in [4.78, 5) is 14.1. The van der Waals surface area contributed by atoms with Crippen molar-refractivity contribution in [2.24, 2.45) is 0 Å². The van der Waals surface area contributed by atoms with Crippen LogP contribution in [0.25, 0.3) is 17.0 Å². The maximum absolute atomic E-state index is 5.47. The first-order chi connectivity index (χ1) is 15.7. The van der Waals surface area contributed by atoms with Crippen LogP contribution in [0.1, 0.15) is 63.9 Å². The Morgan fingerprint density at radius 3 is 2.44 bits per heavy atom. The Kier molecular flexibility index (Phi) is 6.32. The molecule has 32 heavy (non-hydrogen) atoms. The highest BCUT2D eigenvalue weighted by Gasteiger charge is 2.24. The fraction of sp³-hybridized carbons (Fsp3) is 0.583. The van der Waals surface area contributed by atoms with Crippen molar-refractivity contribution in [1.29, 1.82) is 0 Å². The van der Waals surface area contributed by atoms with Crippen LogP contribution >= 0.6 is 0 Å². The van der Waals surface area contributed by atoms with Gasteiger partial charge in [0.05, 0.1) is 17.6 Å². The van der Waals surface area contributed by atoms with Gasteiger partial charge >= 0.3 is 0 Å². The second-order valence-electron chi connectivity index (χ2n) is 9.35. The number of fused-ring (bicyclic) bond motifs is 1. The van der Waals surface area contributed by atoms with Crippen LogP contribution in [0.5, 0.6) is 0 Å². The maximum atomic E-state index is 5.47. The van der Waals surface area contributed by atoms with Crippen molar-refractivity contribution in [1.82, 2.24) is 29.9 Å². The van der Waals surface area contributed by atoms with E-state index in [1.807, 2.05) is 35.2 Å². The lowest BCUT2D eigenvalue weighted by Gasteiger charge is -2.33. The Morgan fingerprint density at radius 2 is 1.66 bits per heavy atom. The fourth-order valence-corrected chi connectivity index (χ4v) is 4.79. The normalized spacial score (nSPS) is 22.5. The highest BCUT2D eigenvalue weighted by atomic mass is 16.5. The second-order valence-corrected chi connectivity index (χ2v) is 9.35. The summed E-state index contributed by atoms with van der Waals surface area (Å²) in [5, 5.41) is 11.8. The van der Waals surface area contributed by atoms with E-state index >= 15 is 0 Å². The monoisotopic (exact) mass is 435 g/mol. The first kappa shape index (κ1) is 21.3. The van der Waals surface area contributed by atoms with E-state index < -0.39 is 0 Å². The molecule has 3 aromatic heterocycles. The van der Waals surface area contributed by atoms with Crippen molar-refractivity contribution in [2.45, 2.75) is 76.4 Å². The molecule has 5 rings (SSSR count). The Balaban J connectivity index is 1.22. The number of hydrogen-bond donors (Lipinski definition) is 2. The summed E-state index contributed by atoms with van der Waals surface area (Å²) in [5.41, 5.74) is 3.71. The lowest BCUT2D eigenvalue weighted by atomic mass is 9.90. The summed E-state index contributed by atoms with van der Waals surface area (Å²) < 4.78 is 7.30. The fourth-order valence-electron chi connectivity index (χ4n) is 4.79. The molecule has 2 N–H and O–H groups in total. The molecule has 2 aliphatic rings. The number of rotatable bonds is 6. The first-order valence-electron chi connectivity index (χ1n) is 11.9. The van der Waals surface area contributed by atoms with Crippen LogP contribution in [-0.2, 0) is 4.74 Å². The predicted molar refractivity (Wildman–Crippen MR) is 125 cm³/mol. The smallest absolute Gasteiger partial charge is 0.223 e. The maximum Gasteiger partial charge on any atom is 0.223 e. The zero-order valence-corrected chi connectivity index (χ0v) is 19.0. The standard InChI is InChI=1S/C24H33N7O/c1-16(2)20-15-26-31-12-8-22(29-23(20)31)21-7-11-25-24(30-21)28-18-5-3-17(4-6-18)27-19-9-13-32-14-10-19/h7-8,11-12,15-19,27H,3-6,9-10,13-14H2,1-2H3,(H,25,28,30)/t17-,18-. The Bertz CT molecular complexity index is 1040. The summed E-state index contributed by atoms with van der Waals surface area (Å²) in [6.45, 7) is 6.10. The molecule has 0 aromatic carbocycles. The molecule has 0 amide bonds. The van der Waals surface area contributed by atoms with Gasteiger partial charge in [-0.3, -0.25) is 0 Å². The lowest BCUT2D eigenvalue weighted by molar-refractivity contribution is 0.0730. The van der Waals surface area contributed by atoms with Crippen LogP contribution in [0.3, 0.4) is 0 Å². The summed E-state index contributed by atoms with van der Waals surface area (Å²) in [5.74, 6) is 1.05. The van der Waals surface area contributed by atoms with Gasteiger partial charge in [-0.15, -0.1) is 0 Å². The molecule has 1 aliphatic carbocycles. The molecule has 0 spiro atoms. The highest BCUT2D eigenvalue weighted by molar-refractivity contribution is 5.60. The molecule has 4 heterocycles. The molecule has 3 aromatic rings. The number of hydrogen-bond acceptors (Lipinski definition) is 7. The van der Waals surface area contributed by atoms with Crippen LogP contribution in [-0.4, -0.2) is 55.9 Å². The van der Waals surface area contributed by atoms with Crippen LogP contribution in [0.4, 0.5) is 5.95 Å². The molecule has 8 heteroatoms. The van der Waals surface area contributed by atoms with Gasteiger partial charge in [0.15, 0.2) is 5.65 Å². The zero-order valence-electron chi connectivity index (χ0n) is 19.0. The van der Waals surface area contributed by atoms with Gasteiger partial charge in [-0.05, 0) is 56.6 Å². The summed E-state index contributed by atoms with van der Waals surface area (Å²) in [6.07, 6.45) is 12.6. The van der Waals surface area contributed by atoms with Crippen LogP contribution < -0.4 is 10.6 Å². The third-order valence-corrected chi connectivity index (χ3v) is 6.69. The molecular formula is C24H33N7O. The molecule has 0 unspecified atom stereocenters. The molecular weight excluding hydrogens is 402 g/mol. The molecule has 0 radical (unpaired) electrons. The topological polar surface area (TPSA) is 89.3 Å². The van der Waals surface area contributed by atoms with Gasteiger partial charge in [-0.25, -0.2) is 19.5 Å². The van der Waals surface area contributed by atoms with E-state index in [1.165, 1.54) is 12.8 Å². The van der Waals surface area contributed by atoms with Gasteiger partial charge in [-0.2, -0.15) is 5.10 Å². The quantitative estimate of drug-likeness (QED) is 0.609.